The zero-order valence-electron chi connectivity index (χ0n) is 11.3. The molecule has 0 unspecified atom stereocenters. The van der Waals surface area contributed by atoms with Crippen molar-refractivity contribution >= 4 is 0 Å². The molecule has 2 aromatic rings. The third-order valence-electron chi connectivity index (χ3n) is 2.78. The molecule has 0 aliphatic carbocycles. The fourth-order valence-corrected chi connectivity index (χ4v) is 1.81. The van der Waals surface area contributed by atoms with Crippen LogP contribution in [-0.4, -0.2) is 13.2 Å². The van der Waals surface area contributed by atoms with Crippen LogP contribution in [0.5, 0.6) is 11.5 Å². The van der Waals surface area contributed by atoms with Crippen molar-refractivity contribution < 1.29 is 9.47 Å². The van der Waals surface area contributed by atoms with Crippen molar-refractivity contribution in [3.63, 3.8) is 0 Å². The van der Waals surface area contributed by atoms with Crippen LogP contribution in [0.2, 0.25) is 0 Å². The fourth-order valence-electron chi connectivity index (χ4n) is 1.81. The Hall–Kier alpha value is -1.96. The summed E-state index contributed by atoms with van der Waals surface area (Å²) in [4.78, 5) is 0. The van der Waals surface area contributed by atoms with E-state index in [0.29, 0.717) is 6.61 Å². The van der Waals surface area contributed by atoms with Crippen molar-refractivity contribution in [3.05, 3.63) is 60.2 Å². The van der Waals surface area contributed by atoms with Crippen molar-refractivity contribution in [1.82, 2.24) is 0 Å². The lowest BCUT2D eigenvalue weighted by atomic mass is 10.2. The van der Waals surface area contributed by atoms with Gasteiger partial charge in [-0.2, -0.15) is 0 Å². The summed E-state index contributed by atoms with van der Waals surface area (Å²) in [5, 5.41) is 0. The second kappa shape index (κ2) is 7.47. The fraction of sp³-hybridized carbons (Fsp3) is 0.294. The van der Waals surface area contributed by atoms with Crippen LogP contribution < -0.4 is 9.47 Å². The van der Waals surface area contributed by atoms with E-state index < -0.39 is 0 Å². The molecule has 0 aliphatic heterocycles. The first-order chi connectivity index (χ1) is 9.38. The summed E-state index contributed by atoms with van der Waals surface area (Å²) in [5.41, 5.74) is 1.29. The van der Waals surface area contributed by atoms with E-state index in [1.165, 1.54) is 5.56 Å². The molecule has 0 saturated carbocycles. The van der Waals surface area contributed by atoms with Gasteiger partial charge < -0.3 is 9.47 Å². The minimum absolute atomic E-state index is 0.682. The molecule has 2 aromatic carbocycles. The van der Waals surface area contributed by atoms with Gasteiger partial charge in [0.15, 0.2) is 0 Å². The van der Waals surface area contributed by atoms with Gasteiger partial charge in [-0.1, -0.05) is 43.3 Å². The van der Waals surface area contributed by atoms with Crippen LogP contribution in [0.3, 0.4) is 0 Å². The van der Waals surface area contributed by atoms with Gasteiger partial charge in [-0.05, 0) is 24.1 Å². The van der Waals surface area contributed by atoms with Gasteiger partial charge in [-0.25, -0.2) is 0 Å². The van der Waals surface area contributed by atoms with Gasteiger partial charge in [-0.3, -0.25) is 0 Å². The molecule has 0 bridgehead atoms. The highest BCUT2D eigenvalue weighted by Gasteiger charge is 1.98. The minimum atomic E-state index is 0.682. The summed E-state index contributed by atoms with van der Waals surface area (Å²) in [6.45, 7) is 3.52. The van der Waals surface area contributed by atoms with E-state index in [0.717, 1.165) is 30.9 Å². The predicted molar refractivity (Wildman–Crippen MR) is 77.9 cm³/mol. The SMILES string of the molecule is CCCOc1cccc(OCCc2ccccc2)c1. The van der Waals surface area contributed by atoms with Gasteiger partial charge in [0, 0.05) is 12.5 Å². The highest BCUT2D eigenvalue weighted by molar-refractivity contribution is 5.33. The van der Waals surface area contributed by atoms with Gasteiger partial charge in [-0.15, -0.1) is 0 Å². The molecule has 0 aliphatic rings. The van der Waals surface area contributed by atoms with Crippen molar-refractivity contribution in [3.8, 4) is 11.5 Å². The van der Waals surface area contributed by atoms with Crippen molar-refractivity contribution in [2.75, 3.05) is 13.2 Å². The molecule has 100 valence electrons. The largest absolute Gasteiger partial charge is 0.493 e. The summed E-state index contributed by atoms with van der Waals surface area (Å²) in [7, 11) is 0. The minimum Gasteiger partial charge on any atom is -0.493 e. The zero-order chi connectivity index (χ0) is 13.3. The Morgan fingerprint density at radius 3 is 2.16 bits per heavy atom. The number of benzene rings is 2. The predicted octanol–water partition coefficient (Wildman–Crippen LogP) is 4.10. The van der Waals surface area contributed by atoms with E-state index in [2.05, 4.69) is 31.2 Å². The Balaban J connectivity index is 1.82. The van der Waals surface area contributed by atoms with Gasteiger partial charge in [0.25, 0.3) is 0 Å². The molecule has 0 saturated heterocycles. The Morgan fingerprint density at radius 1 is 0.789 bits per heavy atom. The zero-order valence-corrected chi connectivity index (χ0v) is 11.3. The molecule has 0 fully saturated rings. The van der Waals surface area contributed by atoms with E-state index in [1.807, 2.05) is 30.3 Å². The molecule has 0 radical (unpaired) electrons. The van der Waals surface area contributed by atoms with Crippen LogP contribution in [0.15, 0.2) is 54.6 Å². The monoisotopic (exact) mass is 256 g/mol. The van der Waals surface area contributed by atoms with Crippen molar-refractivity contribution in [2.45, 2.75) is 19.8 Å². The van der Waals surface area contributed by atoms with Gasteiger partial charge in [0.05, 0.1) is 13.2 Å². The third kappa shape index (κ3) is 4.66. The topological polar surface area (TPSA) is 18.5 Å². The van der Waals surface area contributed by atoms with Crippen LogP contribution in [0.25, 0.3) is 0 Å². The lowest BCUT2D eigenvalue weighted by Crippen LogP contribution is -2.01. The molecule has 0 aromatic heterocycles. The molecule has 2 nitrogen and oxygen atoms in total. The summed E-state index contributed by atoms with van der Waals surface area (Å²) in [6.07, 6.45) is 1.93. The quantitative estimate of drug-likeness (QED) is 0.742. The van der Waals surface area contributed by atoms with E-state index in [-0.39, 0.29) is 0 Å². The van der Waals surface area contributed by atoms with Gasteiger partial charge in [0.2, 0.25) is 0 Å². The molecule has 2 heteroatoms. The van der Waals surface area contributed by atoms with E-state index in [4.69, 9.17) is 9.47 Å². The van der Waals surface area contributed by atoms with Crippen molar-refractivity contribution in [2.24, 2.45) is 0 Å². The Kier molecular flexibility index (Phi) is 5.30. The molecule has 19 heavy (non-hydrogen) atoms. The van der Waals surface area contributed by atoms with E-state index in [1.54, 1.807) is 0 Å². The average molecular weight is 256 g/mol. The average Bonchev–Trinajstić information content (AvgIpc) is 2.47. The third-order valence-corrected chi connectivity index (χ3v) is 2.78. The van der Waals surface area contributed by atoms with Gasteiger partial charge in [0.1, 0.15) is 11.5 Å². The van der Waals surface area contributed by atoms with E-state index in [9.17, 15) is 0 Å². The van der Waals surface area contributed by atoms with E-state index >= 15 is 0 Å². The lowest BCUT2D eigenvalue weighted by Gasteiger charge is -2.09. The normalized spacial score (nSPS) is 10.2. The van der Waals surface area contributed by atoms with Crippen LogP contribution in [-0.2, 0) is 6.42 Å². The molecule has 0 heterocycles. The number of rotatable bonds is 7. The number of ether oxygens (including phenoxy) is 2. The van der Waals surface area contributed by atoms with Crippen LogP contribution in [0.1, 0.15) is 18.9 Å². The second-order valence-corrected chi connectivity index (χ2v) is 4.41. The van der Waals surface area contributed by atoms with Crippen LogP contribution >= 0.6 is 0 Å². The Bertz CT molecular complexity index is 480. The molecule has 0 amide bonds. The first-order valence-electron chi connectivity index (χ1n) is 6.78. The maximum atomic E-state index is 5.75. The molecule has 0 atom stereocenters. The summed E-state index contributed by atoms with van der Waals surface area (Å²) < 4.78 is 11.3. The maximum absolute atomic E-state index is 5.75. The standard InChI is InChI=1S/C17H20O2/c1-2-12-18-16-9-6-10-17(14-16)19-13-11-15-7-4-3-5-8-15/h3-10,14H,2,11-13H2,1H3. The molecular formula is C17H20O2. The molecule has 0 spiro atoms. The highest BCUT2D eigenvalue weighted by atomic mass is 16.5. The molecule has 0 N–H and O–H groups in total. The first kappa shape index (κ1) is 13.5. The Labute approximate surface area is 115 Å². The van der Waals surface area contributed by atoms with Crippen LogP contribution in [0.4, 0.5) is 0 Å². The summed E-state index contributed by atoms with van der Waals surface area (Å²) >= 11 is 0. The van der Waals surface area contributed by atoms with Crippen LogP contribution in [0, 0.1) is 0 Å². The number of hydrogen-bond donors (Lipinski definition) is 0. The first-order valence-corrected chi connectivity index (χ1v) is 6.78. The maximum Gasteiger partial charge on any atom is 0.122 e. The molecule has 2 rings (SSSR count). The second-order valence-electron chi connectivity index (χ2n) is 4.41. The molecular weight excluding hydrogens is 236 g/mol. The Morgan fingerprint density at radius 2 is 1.47 bits per heavy atom. The highest BCUT2D eigenvalue weighted by Crippen LogP contribution is 2.19. The van der Waals surface area contributed by atoms with Gasteiger partial charge >= 0.3 is 0 Å². The van der Waals surface area contributed by atoms with Crippen molar-refractivity contribution in [1.29, 1.82) is 0 Å². The summed E-state index contributed by atoms with van der Waals surface area (Å²) in [6, 6.07) is 18.2. The number of hydrogen-bond acceptors (Lipinski definition) is 2. The summed E-state index contributed by atoms with van der Waals surface area (Å²) in [5.74, 6) is 1.74. The lowest BCUT2D eigenvalue weighted by molar-refractivity contribution is 0.303. The smallest absolute Gasteiger partial charge is 0.122 e.